The second-order valence-electron chi connectivity index (χ2n) is 3.91. The highest BCUT2D eigenvalue weighted by Gasteiger charge is 2.24. The molecule has 2 rings (SSSR count). The number of carbonyl (C=O) groups excluding carboxylic acids is 1. The first-order valence-corrected chi connectivity index (χ1v) is 5.82. The van der Waals surface area contributed by atoms with Crippen LogP contribution in [0.1, 0.15) is 12.8 Å². The molecule has 1 aromatic carbocycles. The summed E-state index contributed by atoms with van der Waals surface area (Å²) in [6.07, 6.45) is 0.986. The van der Waals surface area contributed by atoms with Crippen LogP contribution in [0.3, 0.4) is 0 Å². The second-order valence-corrected chi connectivity index (χ2v) is 4.32. The van der Waals surface area contributed by atoms with Crippen molar-refractivity contribution in [1.82, 2.24) is 0 Å². The van der Waals surface area contributed by atoms with E-state index in [1.807, 2.05) is 0 Å². The Bertz CT molecular complexity index is 486. The maximum absolute atomic E-state index is 11.8. The van der Waals surface area contributed by atoms with Gasteiger partial charge in [0.15, 0.2) is 0 Å². The van der Waals surface area contributed by atoms with E-state index < -0.39 is 11.0 Å². The van der Waals surface area contributed by atoms with Gasteiger partial charge in [0.05, 0.1) is 15.6 Å². The van der Waals surface area contributed by atoms with Crippen molar-refractivity contribution in [2.24, 2.45) is 0 Å². The third-order valence-electron chi connectivity index (χ3n) is 2.64. The predicted molar refractivity (Wildman–Crippen MR) is 65.7 cm³/mol. The fourth-order valence-electron chi connectivity index (χ4n) is 1.72. The molecule has 0 spiro atoms. The van der Waals surface area contributed by atoms with E-state index in [0.717, 1.165) is 6.42 Å². The minimum Gasteiger partial charge on any atom is -0.368 e. The van der Waals surface area contributed by atoms with Gasteiger partial charge in [-0.25, -0.2) is 0 Å². The molecule has 96 valence electrons. The van der Waals surface area contributed by atoms with Gasteiger partial charge in [-0.3, -0.25) is 14.9 Å². The van der Waals surface area contributed by atoms with E-state index in [2.05, 4.69) is 5.32 Å². The van der Waals surface area contributed by atoms with E-state index in [9.17, 15) is 14.9 Å². The number of halogens is 1. The number of carbonyl (C=O) groups is 1. The zero-order chi connectivity index (χ0) is 13.1. The van der Waals surface area contributed by atoms with E-state index in [0.29, 0.717) is 13.0 Å². The maximum Gasteiger partial charge on any atom is 0.271 e. The number of rotatable bonds is 3. The van der Waals surface area contributed by atoms with Gasteiger partial charge in [-0.05, 0) is 18.9 Å². The number of nitrogens with zero attached hydrogens (tertiary/aromatic N) is 1. The minimum absolute atomic E-state index is 0.123. The van der Waals surface area contributed by atoms with Gasteiger partial charge in [0, 0.05) is 18.7 Å². The number of hydrogen-bond donors (Lipinski definition) is 1. The van der Waals surface area contributed by atoms with Crippen LogP contribution >= 0.6 is 11.6 Å². The third kappa shape index (κ3) is 2.77. The number of nitrogens with one attached hydrogen (secondary N) is 1. The van der Waals surface area contributed by atoms with Crippen LogP contribution in [0.4, 0.5) is 11.4 Å². The Morgan fingerprint density at radius 3 is 2.94 bits per heavy atom. The Balaban J connectivity index is 2.14. The summed E-state index contributed by atoms with van der Waals surface area (Å²) >= 11 is 5.87. The molecule has 1 aliphatic heterocycles. The molecule has 1 heterocycles. The first-order chi connectivity index (χ1) is 8.58. The SMILES string of the molecule is O=C(Nc1cc([N+](=O)[O-])ccc1Cl)C1CCCO1. The van der Waals surface area contributed by atoms with Gasteiger partial charge in [0.25, 0.3) is 11.6 Å². The first kappa shape index (κ1) is 12.8. The van der Waals surface area contributed by atoms with E-state index in [4.69, 9.17) is 16.3 Å². The average Bonchev–Trinajstić information content (AvgIpc) is 2.85. The molecule has 1 atom stereocenters. The van der Waals surface area contributed by atoms with Gasteiger partial charge in [-0.1, -0.05) is 11.6 Å². The number of hydrogen-bond acceptors (Lipinski definition) is 4. The summed E-state index contributed by atoms with van der Waals surface area (Å²) in [5, 5.41) is 13.4. The van der Waals surface area contributed by atoms with Crippen LogP contribution in [-0.4, -0.2) is 23.5 Å². The highest BCUT2D eigenvalue weighted by Crippen LogP contribution is 2.27. The minimum atomic E-state index is -0.544. The van der Waals surface area contributed by atoms with Crippen molar-refractivity contribution >= 4 is 28.9 Å². The van der Waals surface area contributed by atoms with Crippen LogP contribution in [0.5, 0.6) is 0 Å². The van der Waals surface area contributed by atoms with Crippen molar-refractivity contribution in [3.63, 3.8) is 0 Å². The lowest BCUT2D eigenvalue weighted by molar-refractivity contribution is -0.384. The highest BCUT2D eigenvalue weighted by atomic mass is 35.5. The Morgan fingerprint density at radius 1 is 1.56 bits per heavy atom. The van der Waals surface area contributed by atoms with Crippen molar-refractivity contribution in [2.45, 2.75) is 18.9 Å². The zero-order valence-corrected chi connectivity index (χ0v) is 10.1. The van der Waals surface area contributed by atoms with Gasteiger partial charge in [-0.15, -0.1) is 0 Å². The Kier molecular flexibility index (Phi) is 3.78. The van der Waals surface area contributed by atoms with E-state index in [1.165, 1.54) is 18.2 Å². The number of nitro benzene ring substituents is 1. The smallest absolute Gasteiger partial charge is 0.271 e. The molecule has 0 aliphatic carbocycles. The lowest BCUT2D eigenvalue weighted by Crippen LogP contribution is -2.27. The van der Waals surface area contributed by atoms with Gasteiger partial charge >= 0.3 is 0 Å². The molecule has 1 N–H and O–H groups in total. The fourth-order valence-corrected chi connectivity index (χ4v) is 1.89. The molecule has 1 unspecified atom stereocenters. The largest absolute Gasteiger partial charge is 0.368 e. The molecule has 1 fully saturated rings. The highest BCUT2D eigenvalue weighted by molar-refractivity contribution is 6.33. The first-order valence-electron chi connectivity index (χ1n) is 5.44. The molecule has 1 aliphatic rings. The number of amides is 1. The van der Waals surface area contributed by atoms with Crippen LogP contribution in [0.25, 0.3) is 0 Å². The van der Waals surface area contributed by atoms with Crippen molar-refractivity contribution in [3.8, 4) is 0 Å². The van der Waals surface area contributed by atoms with Crippen molar-refractivity contribution in [2.75, 3.05) is 11.9 Å². The summed E-state index contributed by atoms with van der Waals surface area (Å²) in [5.74, 6) is -0.324. The number of anilines is 1. The molecule has 18 heavy (non-hydrogen) atoms. The number of ether oxygens (including phenoxy) is 1. The molecule has 0 radical (unpaired) electrons. The summed E-state index contributed by atoms with van der Waals surface area (Å²) in [4.78, 5) is 21.9. The molecular weight excluding hydrogens is 260 g/mol. The quantitative estimate of drug-likeness (QED) is 0.675. The topological polar surface area (TPSA) is 81.5 Å². The lowest BCUT2D eigenvalue weighted by atomic mass is 10.2. The Labute approximate surface area is 108 Å². The van der Waals surface area contributed by atoms with Crippen LogP contribution in [0.2, 0.25) is 5.02 Å². The summed E-state index contributed by atoms with van der Waals surface area (Å²) in [6, 6.07) is 3.89. The second kappa shape index (κ2) is 5.32. The number of non-ortho nitro benzene ring substituents is 1. The van der Waals surface area contributed by atoms with Crippen molar-refractivity contribution < 1.29 is 14.5 Å². The predicted octanol–water partition coefficient (Wildman–Crippen LogP) is 2.37. The number of benzene rings is 1. The van der Waals surface area contributed by atoms with Crippen LogP contribution in [-0.2, 0) is 9.53 Å². The molecule has 0 saturated carbocycles. The van der Waals surface area contributed by atoms with Gasteiger partial charge < -0.3 is 10.1 Å². The van der Waals surface area contributed by atoms with E-state index >= 15 is 0 Å². The van der Waals surface area contributed by atoms with E-state index in [-0.39, 0.29) is 22.3 Å². The van der Waals surface area contributed by atoms with Crippen LogP contribution in [0.15, 0.2) is 18.2 Å². The summed E-state index contributed by atoms with van der Waals surface area (Å²) < 4.78 is 5.22. The molecule has 7 heteroatoms. The third-order valence-corrected chi connectivity index (χ3v) is 2.97. The molecule has 1 aromatic rings. The summed E-state index contributed by atoms with van der Waals surface area (Å²) in [5.41, 5.74) is 0.105. The number of nitro groups is 1. The molecule has 0 bridgehead atoms. The Hall–Kier alpha value is -1.66. The molecule has 6 nitrogen and oxygen atoms in total. The normalized spacial score (nSPS) is 18.6. The van der Waals surface area contributed by atoms with Gasteiger partial charge in [-0.2, -0.15) is 0 Å². The zero-order valence-electron chi connectivity index (χ0n) is 9.39. The summed E-state index contributed by atoms with van der Waals surface area (Å²) in [7, 11) is 0. The molecule has 1 amide bonds. The average molecular weight is 271 g/mol. The van der Waals surface area contributed by atoms with E-state index in [1.54, 1.807) is 0 Å². The van der Waals surface area contributed by atoms with Gasteiger partial charge in [0.1, 0.15) is 6.10 Å². The molecule has 0 aromatic heterocycles. The Morgan fingerprint density at radius 2 is 2.33 bits per heavy atom. The summed E-state index contributed by atoms with van der Waals surface area (Å²) in [6.45, 7) is 0.556. The van der Waals surface area contributed by atoms with Crippen LogP contribution < -0.4 is 5.32 Å². The maximum atomic E-state index is 11.8. The lowest BCUT2D eigenvalue weighted by Gasteiger charge is -2.11. The van der Waals surface area contributed by atoms with Crippen molar-refractivity contribution in [1.29, 1.82) is 0 Å². The molecular formula is C11H11ClN2O4. The standard InChI is InChI=1S/C11H11ClN2O4/c12-8-4-3-7(14(16)17)6-9(8)13-11(15)10-2-1-5-18-10/h3-4,6,10H,1-2,5H2,(H,13,15). The van der Waals surface area contributed by atoms with Crippen LogP contribution in [0, 0.1) is 10.1 Å². The molecule has 1 saturated heterocycles. The monoisotopic (exact) mass is 270 g/mol. The fraction of sp³-hybridized carbons (Fsp3) is 0.364. The van der Waals surface area contributed by atoms with Gasteiger partial charge in [0.2, 0.25) is 0 Å². The van der Waals surface area contributed by atoms with Crippen molar-refractivity contribution in [3.05, 3.63) is 33.3 Å².